The van der Waals surface area contributed by atoms with Gasteiger partial charge in [-0.25, -0.2) is 0 Å². The third-order valence-corrected chi connectivity index (χ3v) is 5.04. The average Bonchev–Trinajstić information content (AvgIpc) is 3.01. The Labute approximate surface area is 131 Å². The zero-order chi connectivity index (χ0) is 14.8. The lowest BCUT2D eigenvalue weighted by molar-refractivity contribution is 0.0564. The van der Waals surface area contributed by atoms with Crippen LogP contribution in [0.3, 0.4) is 0 Å². The van der Waals surface area contributed by atoms with E-state index in [4.69, 9.17) is 11.6 Å². The van der Waals surface area contributed by atoms with Gasteiger partial charge in [-0.2, -0.15) is 0 Å². The van der Waals surface area contributed by atoms with Crippen LogP contribution >= 0.6 is 11.6 Å². The molecule has 1 aromatic rings. The van der Waals surface area contributed by atoms with Crippen molar-refractivity contribution in [1.82, 2.24) is 10.2 Å². The Morgan fingerprint density at radius 1 is 1.29 bits per heavy atom. The van der Waals surface area contributed by atoms with Gasteiger partial charge in [0.05, 0.1) is 10.6 Å². The van der Waals surface area contributed by atoms with Gasteiger partial charge >= 0.3 is 0 Å². The van der Waals surface area contributed by atoms with E-state index in [1.807, 2.05) is 25.1 Å². The summed E-state index contributed by atoms with van der Waals surface area (Å²) in [4.78, 5) is 15.0. The molecule has 0 spiro atoms. The molecule has 4 heteroatoms. The van der Waals surface area contributed by atoms with Gasteiger partial charge in [0.1, 0.15) is 0 Å². The number of halogens is 1. The van der Waals surface area contributed by atoms with Gasteiger partial charge in [0.2, 0.25) is 0 Å². The summed E-state index contributed by atoms with van der Waals surface area (Å²) in [5.41, 5.74) is 1.73. The van der Waals surface area contributed by atoms with E-state index in [9.17, 15) is 4.79 Å². The zero-order valence-electron chi connectivity index (χ0n) is 12.6. The van der Waals surface area contributed by atoms with E-state index in [0.717, 1.165) is 31.5 Å². The van der Waals surface area contributed by atoms with Gasteiger partial charge in [0.15, 0.2) is 0 Å². The number of nitrogens with zero attached hydrogens (tertiary/aromatic N) is 1. The topological polar surface area (TPSA) is 32.3 Å². The first-order valence-corrected chi connectivity index (χ1v) is 8.35. The van der Waals surface area contributed by atoms with Crippen molar-refractivity contribution in [2.75, 3.05) is 13.1 Å². The van der Waals surface area contributed by atoms with Crippen molar-refractivity contribution >= 4 is 17.5 Å². The highest BCUT2D eigenvalue weighted by Crippen LogP contribution is 2.28. The van der Waals surface area contributed by atoms with Crippen LogP contribution in [0.25, 0.3) is 0 Å². The smallest absolute Gasteiger partial charge is 0.255 e. The Morgan fingerprint density at radius 2 is 2.14 bits per heavy atom. The highest BCUT2D eigenvalue weighted by atomic mass is 35.5. The van der Waals surface area contributed by atoms with Crippen LogP contribution in [-0.4, -0.2) is 36.0 Å². The van der Waals surface area contributed by atoms with Crippen LogP contribution in [0.15, 0.2) is 18.2 Å². The van der Waals surface area contributed by atoms with Gasteiger partial charge in [0, 0.05) is 18.6 Å². The number of amides is 1. The van der Waals surface area contributed by atoms with Crippen molar-refractivity contribution in [2.24, 2.45) is 0 Å². The molecule has 0 aliphatic carbocycles. The van der Waals surface area contributed by atoms with Gasteiger partial charge in [-0.3, -0.25) is 4.79 Å². The lowest BCUT2D eigenvalue weighted by Gasteiger charge is -2.39. The molecule has 0 aromatic heterocycles. The fourth-order valence-electron chi connectivity index (χ4n) is 3.62. The Balaban J connectivity index is 1.83. The minimum absolute atomic E-state index is 0.0957. The van der Waals surface area contributed by atoms with E-state index in [1.165, 1.54) is 19.3 Å². The van der Waals surface area contributed by atoms with E-state index in [1.54, 1.807) is 0 Å². The number of rotatable bonds is 2. The zero-order valence-corrected chi connectivity index (χ0v) is 13.3. The van der Waals surface area contributed by atoms with Crippen molar-refractivity contribution in [3.05, 3.63) is 34.3 Å². The molecule has 3 nitrogen and oxygen atoms in total. The molecule has 2 fully saturated rings. The second-order valence-corrected chi connectivity index (χ2v) is 6.66. The largest absolute Gasteiger partial charge is 0.334 e. The maximum atomic E-state index is 12.9. The number of likely N-dealkylation sites (tertiary alicyclic amines) is 1. The van der Waals surface area contributed by atoms with Gasteiger partial charge in [-0.1, -0.05) is 17.7 Å². The summed E-state index contributed by atoms with van der Waals surface area (Å²) in [6.07, 6.45) is 5.81. The SMILES string of the molecule is Cc1ccc(C(=O)N2CCCCC2C2CCCN2)c(Cl)c1. The number of carbonyl (C=O) groups excluding carboxylic acids is 1. The first-order chi connectivity index (χ1) is 10.2. The molecule has 1 amide bonds. The Kier molecular flexibility index (Phi) is 4.51. The number of piperidine rings is 1. The monoisotopic (exact) mass is 306 g/mol. The number of hydrogen-bond donors (Lipinski definition) is 1. The number of aryl methyl sites for hydroxylation is 1. The summed E-state index contributed by atoms with van der Waals surface area (Å²) in [5, 5.41) is 4.13. The number of benzene rings is 1. The normalized spacial score (nSPS) is 26.1. The van der Waals surface area contributed by atoms with Crippen LogP contribution in [0.1, 0.15) is 48.0 Å². The standard InChI is InChI=1S/C17H23ClN2O/c1-12-7-8-13(14(18)11-12)17(21)20-10-3-2-6-16(20)15-5-4-9-19-15/h7-8,11,15-16,19H,2-6,9-10H2,1H3. The van der Waals surface area contributed by atoms with Crippen LogP contribution in [0.5, 0.6) is 0 Å². The van der Waals surface area contributed by atoms with E-state index in [-0.39, 0.29) is 5.91 Å². The maximum absolute atomic E-state index is 12.9. The summed E-state index contributed by atoms with van der Waals surface area (Å²) in [6, 6.07) is 6.49. The summed E-state index contributed by atoms with van der Waals surface area (Å²) in [6.45, 7) is 3.92. The number of hydrogen-bond acceptors (Lipinski definition) is 2. The van der Waals surface area contributed by atoms with Crippen LogP contribution in [0, 0.1) is 6.92 Å². The van der Waals surface area contributed by atoms with Crippen molar-refractivity contribution in [3.8, 4) is 0 Å². The minimum Gasteiger partial charge on any atom is -0.334 e. The molecule has 2 aliphatic rings. The minimum atomic E-state index is 0.0957. The molecule has 0 bridgehead atoms. The van der Waals surface area contributed by atoms with Crippen molar-refractivity contribution < 1.29 is 4.79 Å². The van der Waals surface area contributed by atoms with Crippen LogP contribution in [-0.2, 0) is 0 Å². The molecular weight excluding hydrogens is 284 g/mol. The van der Waals surface area contributed by atoms with Crippen molar-refractivity contribution in [3.63, 3.8) is 0 Å². The lowest BCUT2D eigenvalue weighted by atomic mass is 9.93. The first-order valence-electron chi connectivity index (χ1n) is 7.97. The van der Waals surface area contributed by atoms with Crippen molar-refractivity contribution in [2.45, 2.75) is 51.1 Å². The summed E-state index contributed by atoms with van der Waals surface area (Å²) in [5.74, 6) is 0.0957. The van der Waals surface area contributed by atoms with E-state index < -0.39 is 0 Å². The molecule has 2 heterocycles. The predicted molar refractivity (Wildman–Crippen MR) is 85.9 cm³/mol. The molecule has 0 radical (unpaired) electrons. The molecule has 2 unspecified atom stereocenters. The highest BCUT2D eigenvalue weighted by molar-refractivity contribution is 6.33. The molecule has 2 saturated heterocycles. The average molecular weight is 307 g/mol. The fourth-order valence-corrected chi connectivity index (χ4v) is 3.93. The van der Waals surface area contributed by atoms with E-state index in [0.29, 0.717) is 22.7 Å². The third kappa shape index (κ3) is 3.09. The second kappa shape index (κ2) is 6.37. The van der Waals surface area contributed by atoms with Gasteiger partial charge in [-0.05, 0) is 63.3 Å². The Morgan fingerprint density at radius 3 is 2.86 bits per heavy atom. The fraction of sp³-hybridized carbons (Fsp3) is 0.588. The molecular formula is C17H23ClN2O. The first kappa shape index (κ1) is 14.9. The van der Waals surface area contributed by atoms with Gasteiger partial charge < -0.3 is 10.2 Å². The molecule has 21 heavy (non-hydrogen) atoms. The highest BCUT2D eigenvalue weighted by Gasteiger charge is 2.35. The van der Waals surface area contributed by atoms with Crippen LogP contribution < -0.4 is 5.32 Å². The molecule has 3 rings (SSSR count). The van der Waals surface area contributed by atoms with Gasteiger partial charge in [0.25, 0.3) is 5.91 Å². The van der Waals surface area contributed by atoms with Crippen LogP contribution in [0.4, 0.5) is 0 Å². The Bertz CT molecular complexity index is 526. The molecule has 0 saturated carbocycles. The van der Waals surface area contributed by atoms with E-state index in [2.05, 4.69) is 10.2 Å². The number of carbonyl (C=O) groups is 1. The molecule has 2 aliphatic heterocycles. The third-order valence-electron chi connectivity index (χ3n) is 4.73. The van der Waals surface area contributed by atoms with Crippen LogP contribution in [0.2, 0.25) is 5.02 Å². The predicted octanol–water partition coefficient (Wildman–Crippen LogP) is 3.40. The molecule has 114 valence electrons. The maximum Gasteiger partial charge on any atom is 0.255 e. The Hall–Kier alpha value is -1.06. The molecule has 2 atom stereocenters. The summed E-state index contributed by atoms with van der Waals surface area (Å²) >= 11 is 6.29. The second-order valence-electron chi connectivity index (χ2n) is 6.25. The quantitative estimate of drug-likeness (QED) is 0.908. The van der Waals surface area contributed by atoms with Gasteiger partial charge in [-0.15, -0.1) is 0 Å². The summed E-state index contributed by atoms with van der Waals surface area (Å²) < 4.78 is 0. The lowest BCUT2D eigenvalue weighted by Crippen LogP contribution is -2.52. The molecule has 1 aromatic carbocycles. The number of nitrogens with one attached hydrogen (secondary N) is 1. The molecule has 1 N–H and O–H groups in total. The summed E-state index contributed by atoms with van der Waals surface area (Å²) in [7, 11) is 0. The van der Waals surface area contributed by atoms with Crippen molar-refractivity contribution in [1.29, 1.82) is 0 Å². The van der Waals surface area contributed by atoms with E-state index >= 15 is 0 Å².